The summed E-state index contributed by atoms with van der Waals surface area (Å²) in [5.74, 6) is 0.846. The van der Waals surface area contributed by atoms with Crippen LogP contribution in [-0.2, 0) is 12.0 Å². The van der Waals surface area contributed by atoms with E-state index in [0.717, 1.165) is 17.1 Å². The van der Waals surface area contributed by atoms with Gasteiger partial charge in [-0.05, 0) is 20.8 Å². The number of aromatic nitrogens is 2. The van der Waals surface area contributed by atoms with Crippen molar-refractivity contribution >= 4 is 11.3 Å². The van der Waals surface area contributed by atoms with Gasteiger partial charge >= 0.3 is 0 Å². The maximum Gasteiger partial charge on any atom is 0.133 e. The molecule has 1 atom stereocenters. The third-order valence-corrected chi connectivity index (χ3v) is 4.90. The van der Waals surface area contributed by atoms with Crippen molar-refractivity contribution in [2.24, 2.45) is 0 Å². The second kappa shape index (κ2) is 5.66. The summed E-state index contributed by atoms with van der Waals surface area (Å²) in [6, 6.07) is 2.22. The van der Waals surface area contributed by atoms with Crippen LogP contribution in [0.4, 0.5) is 0 Å². The Hall–Kier alpha value is -1.20. The third-order valence-electron chi connectivity index (χ3n) is 3.13. The van der Waals surface area contributed by atoms with Gasteiger partial charge in [0.25, 0.3) is 0 Å². The molecule has 0 aliphatic heterocycles. The first-order valence-corrected chi connectivity index (χ1v) is 7.72. The number of nitrogens with one attached hydrogen (secondary N) is 1. The zero-order chi connectivity index (χ0) is 14.9. The fraction of sp³-hybridized carbons (Fsp3) is 0.600. The number of hydrogen-bond donors (Lipinski definition) is 1. The van der Waals surface area contributed by atoms with Crippen LogP contribution in [0.3, 0.4) is 0 Å². The molecule has 2 aromatic heterocycles. The lowest BCUT2D eigenvalue weighted by atomic mass is 9.98. The fourth-order valence-electron chi connectivity index (χ4n) is 1.98. The van der Waals surface area contributed by atoms with E-state index in [9.17, 15) is 0 Å². The molecule has 2 rings (SSSR count). The van der Waals surface area contributed by atoms with Gasteiger partial charge in [0.1, 0.15) is 5.76 Å². The average Bonchev–Trinajstić information content (AvgIpc) is 2.92. The molecule has 0 bridgehead atoms. The molecule has 110 valence electrons. The van der Waals surface area contributed by atoms with Gasteiger partial charge in [0.05, 0.1) is 16.4 Å². The van der Waals surface area contributed by atoms with Crippen LogP contribution in [0.1, 0.15) is 60.8 Å². The van der Waals surface area contributed by atoms with E-state index in [1.165, 1.54) is 9.88 Å². The summed E-state index contributed by atoms with van der Waals surface area (Å²) in [5, 5.41) is 8.67. The van der Waals surface area contributed by atoms with Crippen LogP contribution in [0.25, 0.3) is 0 Å². The zero-order valence-corrected chi connectivity index (χ0v) is 13.9. The van der Waals surface area contributed by atoms with Crippen LogP contribution in [0, 0.1) is 13.8 Å². The summed E-state index contributed by atoms with van der Waals surface area (Å²) >= 11 is 1.80. The summed E-state index contributed by atoms with van der Waals surface area (Å²) in [6.45, 7) is 13.5. The van der Waals surface area contributed by atoms with Crippen molar-refractivity contribution < 1.29 is 4.52 Å². The first-order valence-electron chi connectivity index (χ1n) is 6.90. The van der Waals surface area contributed by atoms with Gasteiger partial charge in [-0.3, -0.25) is 0 Å². The van der Waals surface area contributed by atoms with Gasteiger partial charge in [0, 0.05) is 28.9 Å². The Kier molecular flexibility index (Phi) is 4.30. The van der Waals surface area contributed by atoms with Gasteiger partial charge in [0.2, 0.25) is 0 Å². The van der Waals surface area contributed by atoms with Crippen LogP contribution < -0.4 is 5.32 Å². The molecule has 1 unspecified atom stereocenters. The van der Waals surface area contributed by atoms with E-state index in [0.29, 0.717) is 6.54 Å². The summed E-state index contributed by atoms with van der Waals surface area (Å²) in [4.78, 5) is 6.01. The van der Waals surface area contributed by atoms with Gasteiger partial charge in [-0.25, -0.2) is 4.98 Å². The Labute approximate surface area is 124 Å². The maximum absolute atomic E-state index is 5.08. The normalized spacial score (nSPS) is 13.7. The van der Waals surface area contributed by atoms with Gasteiger partial charge in [0.15, 0.2) is 0 Å². The highest BCUT2D eigenvalue weighted by Gasteiger charge is 2.22. The van der Waals surface area contributed by atoms with Crippen molar-refractivity contribution in [1.82, 2.24) is 15.5 Å². The number of aryl methyl sites for hydroxylation is 2. The second-order valence-corrected chi connectivity index (χ2v) is 7.28. The number of rotatable bonds is 4. The topological polar surface area (TPSA) is 51.0 Å². The van der Waals surface area contributed by atoms with Crippen molar-refractivity contribution in [3.05, 3.63) is 33.1 Å². The van der Waals surface area contributed by atoms with E-state index in [4.69, 9.17) is 9.51 Å². The predicted octanol–water partition coefficient (Wildman–Crippen LogP) is 3.90. The van der Waals surface area contributed by atoms with E-state index in [1.54, 1.807) is 11.3 Å². The molecule has 0 saturated heterocycles. The van der Waals surface area contributed by atoms with Gasteiger partial charge < -0.3 is 9.84 Å². The van der Waals surface area contributed by atoms with E-state index in [1.807, 2.05) is 13.0 Å². The quantitative estimate of drug-likeness (QED) is 0.929. The molecule has 0 aliphatic rings. The highest BCUT2D eigenvalue weighted by Crippen LogP contribution is 2.32. The molecular weight excluding hydrogens is 270 g/mol. The standard InChI is InChI=1S/C15H23N3OS/c1-9-7-12(18-19-9)8-16-10(2)13-11(3)17-14(20-13)15(4,5)6/h7,10,16H,8H2,1-6H3. The minimum atomic E-state index is 0.108. The molecular formula is C15H23N3OS. The molecule has 0 aliphatic carbocycles. The molecule has 0 saturated carbocycles. The zero-order valence-electron chi connectivity index (χ0n) is 13.1. The third kappa shape index (κ3) is 3.46. The maximum atomic E-state index is 5.08. The van der Waals surface area contributed by atoms with Gasteiger partial charge in [-0.1, -0.05) is 25.9 Å². The van der Waals surface area contributed by atoms with Crippen LogP contribution >= 0.6 is 11.3 Å². The molecule has 1 N–H and O–H groups in total. The molecule has 0 radical (unpaired) electrons. The van der Waals surface area contributed by atoms with Crippen LogP contribution in [0.2, 0.25) is 0 Å². The van der Waals surface area contributed by atoms with E-state index in [2.05, 4.69) is 45.1 Å². The SMILES string of the molecule is Cc1cc(CNC(C)c2sc(C(C)(C)C)nc2C)no1. The lowest BCUT2D eigenvalue weighted by Crippen LogP contribution is -2.18. The van der Waals surface area contributed by atoms with Crippen LogP contribution in [0.5, 0.6) is 0 Å². The van der Waals surface area contributed by atoms with Crippen molar-refractivity contribution in [2.75, 3.05) is 0 Å². The summed E-state index contributed by atoms with van der Waals surface area (Å²) in [5.41, 5.74) is 2.17. The van der Waals surface area contributed by atoms with Crippen molar-refractivity contribution in [3.63, 3.8) is 0 Å². The number of thiazole rings is 1. The predicted molar refractivity (Wildman–Crippen MR) is 82.0 cm³/mol. The second-order valence-electron chi connectivity index (χ2n) is 6.25. The summed E-state index contributed by atoms with van der Waals surface area (Å²) in [7, 11) is 0. The van der Waals surface area contributed by atoms with Gasteiger partial charge in [-0.2, -0.15) is 0 Å². The molecule has 0 spiro atoms. The first kappa shape index (κ1) is 15.2. The van der Waals surface area contributed by atoms with Crippen LogP contribution in [-0.4, -0.2) is 10.1 Å². The molecule has 2 heterocycles. The smallest absolute Gasteiger partial charge is 0.133 e. The Morgan fingerprint density at radius 2 is 2.05 bits per heavy atom. The van der Waals surface area contributed by atoms with E-state index in [-0.39, 0.29) is 11.5 Å². The number of hydrogen-bond acceptors (Lipinski definition) is 5. The molecule has 0 aromatic carbocycles. The minimum absolute atomic E-state index is 0.108. The fourth-order valence-corrected chi connectivity index (χ4v) is 3.13. The molecule has 20 heavy (non-hydrogen) atoms. The average molecular weight is 293 g/mol. The Bertz CT molecular complexity index is 580. The Balaban J connectivity index is 2.05. The van der Waals surface area contributed by atoms with E-state index >= 15 is 0 Å². The highest BCUT2D eigenvalue weighted by atomic mass is 32.1. The van der Waals surface area contributed by atoms with Crippen molar-refractivity contribution in [2.45, 2.75) is 59.5 Å². The minimum Gasteiger partial charge on any atom is -0.361 e. The van der Waals surface area contributed by atoms with Crippen LogP contribution in [0.15, 0.2) is 10.6 Å². The Morgan fingerprint density at radius 3 is 2.55 bits per heavy atom. The van der Waals surface area contributed by atoms with Crippen molar-refractivity contribution in [3.8, 4) is 0 Å². The first-order chi connectivity index (χ1) is 9.27. The van der Waals surface area contributed by atoms with E-state index < -0.39 is 0 Å². The summed E-state index contributed by atoms with van der Waals surface area (Å²) < 4.78 is 5.08. The Morgan fingerprint density at radius 1 is 1.35 bits per heavy atom. The molecule has 0 fully saturated rings. The lowest BCUT2D eigenvalue weighted by molar-refractivity contribution is 0.386. The molecule has 0 amide bonds. The highest BCUT2D eigenvalue weighted by molar-refractivity contribution is 7.12. The summed E-state index contributed by atoms with van der Waals surface area (Å²) in [6.07, 6.45) is 0. The van der Waals surface area contributed by atoms with Gasteiger partial charge in [-0.15, -0.1) is 11.3 Å². The number of nitrogens with zero attached hydrogens (tertiary/aromatic N) is 2. The molecule has 2 aromatic rings. The molecule has 5 heteroatoms. The monoisotopic (exact) mass is 293 g/mol. The largest absolute Gasteiger partial charge is 0.361 e. The molecule has 4 nitrogen and oxygen atoms in total. The van der Waals surface area contributed by atoms with Crippen molar-refractivity contribution in [1.29, 1.82) is 0 Å². The lowest BCUT2D eigenvalue weighted by Gasteiger charge is -2.14.